The molecule has 0 amide bonds. The fraction of sp³-hybridized carbons (Fsp3) is 0.250. The van der Waals surface area contributed by atoms with Crippen LogP contribution in [0, 0.1) is 6.92 Å². The van der Waals surface area contributed by atoms with Crippen molar-refractivity contribution in [3.8, 4) is 0 Å². The van der Waals surface area contributed by atoms with Gasteiger partial charge in [-0.15, -0.1) is 11.8 Å². The van der Waals surface area contributed by atoms with E-state index >= 15 is 0 Å². The van der Waals surface area contributed by atoms with Gasteiger partial charge in [-0.2, -0.15) is 0 Å². The van der Waals surface area contributed by atoms with Gasteiger partial charge in [-0.1, -0.05) is 42.0 Å². The van der Waals surface area contributed by atoms with Crippen LogP contribution < -0.4 is 5.32 Å². The summed E-state index contributed by atoms with van der Waals surface area (Å²) in [5.41, 5.74) is 4.03. The van der Waals surface area contributed by atoms with Gasteiger partial charge in [0.2, 0.25) is 0 Å². The zero-order valence-corrected chi connectivity index (χ0v) is 11.8. The second-order valence-corrected chi connectivity index (χ2v) is 5.50. The molecular weight excluding hydrogens is 238 g/mol. The average molecular weight is 257 g/mol. The summed E-state index contributed by atoms with van der Waals surface area (Å²) in [6.07, 6.45) is 0. The lowest BCUT2D eigenvalue weighted by Gasteiger charge is -2.04. The number of nitrogens with one attached hydrogen (secondary N) is 1. The van der Waals surface area contributed by atoms with Gasteiger partial charge in [0.15, 0.2) is 0 Å². The third kappa shape index (κ3) is 3.90. The number of thioether (sulfide) groups is 1. The van der Waals surface area contributed by atoms with Gasteiger partial charge in [0.25, 0.3) is 0 Å². The van der Waals surface area contributed by atoms with Crippen molar-refractivity contribution in [2.24, 2.45) is 0 Å². The lowest BCUT2D eigenvalue weighted by molar-refractivity contribution is 0.817. The van der Waals surface area contributed by atoms with Crippen LogP contribution in [0.3, 0.4) is 0 Å². The molecule has 0 aromatic heterocycles. The predicted molar refractivity (Wildman–Crippen MR) is 79.9 cm³/mol. The van der Waals surface area contributed by atoms with Gasteiger partial charge in [-0.05, 0) is 37.2 Å². The largest absolute Gasteiger partial charge is 0.316 e. The molecule has 18 heavy (non-hydrogen) atoms. The molecule has 0 atom stereocenters. The highest BCUT2D eigenvalue weighted by Crippen LogP contribution is 2.23. The molecule has 94 valence electrons. The van der Waals surface area contributed by atoms with Crippen molar-refractivity contribution in [2.75, 3.05) is 7.05 Å². The van der Waals surface area contributed by atoms with Crippen molar-refractivity contribution in [1.29, 1.82) is 0 Å². The Morgan fingerprint density at radius 1 is 0.889 bits per heavy atom. The second-order valence-electron chi connectivity index (χ2n) is 4.45. The maximum atomic E-state index is 3.16. The third-order valence-corrected chi connectivity index (χ3v) is 3.91. The van der Waals surface area contributed by atoms with Crippen molar-refractivity contribution >= 4 is 11.8 Å². The van der Waals surface area contributed by atoms with E-state index in [-0.39, 0.29) is 0 Å². The molecule has 2 aromatic carbocycles. The molecule has 0 aliphatic heterocycles. The number of hydrogen-bond acceptors (Lipinski definition) is 2. The van der Waals surface area contributed by atoms with Crippen LogP contribution in [-0.2, 0) is 12.3 Å². The van der Waals surface area contributed by atoms with Gasteiger partial charge in [0, 0.05) is 17.2 Å². The Balaban J connectivity index is 1.91. The van der Waals surface area contributed by atoms with Gasteiger partial charge in [-0.25, -0.2) is 0 Å². The van der Waals surface area contributed by atoms with Crippen LogP contribution in [-0.4, -0.2) is 7.05 Å². The maximum Gasteiger partial charge on any atom is 0.0231 e. The molecule has 2 heteroatoms. The van der Waals surface area contributed by atoms with Gasteiger partial charge in [0.05, 0.1) is 0 Å². The average Bonchev–Trinajstić information content (AvgIpc) is 2.40. The van der Waals surface area contributed by atoms with E-state index in [0.717, 1.165) is 12.3 Å². The predicted octanol–water partition coefficient (Wildman–Crippen LogP) is 4.01. The normalized spacial score (nSPS) is 10.6. The first-order valence-electron chi connectivity index (χ1n) is 6.20. The van der Waals surface area contributed by atoms with Crippen LogP contribution in [0.4, 0.5) is 0 Å². The maximum absolute atomic E-state index is 3.16. The zero-order chi connectivity index (χ0) is 12.8. The van der Waals surface area contributed by atoms with Crippen LogP contribution >= 0.6 is 11.8 Å². The minimum absolute atomic E-state index is 0.933. The van der Waals surface area contributed by atoms with E-state index in [1.54, 1.807) is 0 Å². The number of hydrogen-bond donors (Lipinski definition) is 1. The Morgan fingerprint density at radius 2 is 1.50 bits per heavy atom. The molecule has 0 radical (unpaired) electrons. The Labute approximate surface area is 114 Å². The van der Waals surface area contributed by atoms with Crippen molar-refractivity contribution < 1.29 is 0 Å². The molecule has 0 aliphatic carbocycles. The van der Waals surface area contributed by atoms with Crippen LogP contribution in [0.1, 0.15) is 16.7 Å². The SMILES string of the molecule is CNCc1ccc(SCc2ccc(C)cc2)cc1. The highest BCUT2D eigenvalue weighted by molar-refractivity contribution is 7.98. The first kappa shape index (κ1) is 13.2. The van der Waals surface area contributed by atoms with Gasteiger partial charge < -0.3 is 5.32 Å². The van der Waals surface area contributed by atoms with E-state index in [1.807, 2.05) is 18.8 Å². The molecule has 2 rings (SSSR count). The van der Waals surface area contributed by atoms with Crippen LogP contribution in [0.5, 0.6) is 0 Å². The van der Waals surface area contributed by atoms with E-state index in [1.165, 1.54) is 21.6 Å². The van der Waals surface area contributed by atoms with Gasteiger partial charge in [-0.3, -0.25) is 0 Å². The highest BCUT2D eigenvalue weighted by atomic mass is 32.2. The number of benzene rings is 2. The van der Waals surface area contributed by atoms with Crippen molar-refractivity contribution in [3.05, 3.63) is 65.2 Å². The van der Waals surface area contributed by atoms with Crippen LogP contribution in [0.25, 0.3) is 0 Å². The summed E-state index contributed by atoms with van der Waals surface area (Å²) in [7, 11) is 1.97. The molecule has 0 saturated carbocycles. The molecule has 0 heterocycles. The summed E-state index contributed by atoms with van der Waals surface area (Å²) in [5, 5.41) is 3.16. The van der Waals surface area contributed by atoms with Gasteiger partial charge in [0.1, 0.15) is 0 Å². The fourth-order valence-corrected chi connectivity index (χ4v) is 2.61. The van der Waals surface area contributed by atoms with Crippen LogP contribution in [0.2, 0.25) is 0 Å². The molecular formula is C16H19NS. The quantitative estimate of drug-likeness (QED) is 0.812. The summed E-state index contributed by atoms with van der Waals surface area (Å²) in [6.45, 7) is 3.06. The second kappa shape index (κ2) is 6.62. The fourth-order valence-electron chi connectivity index (χ4n) is 1.76. The topological polar surface area (TPSA) is 12.0 Å². The summed E-state index contributed by atoms with van der Waals surface area (Å²) in [4.78, 5) is 1.33. The summed E-state index contributed by atoms with van der Waals surface area (Å²) in [5.74, 6) is 1.03. The van der Waals surface area contributed by atoms with E-state index in [4.69, 9.17) is 0 Å². The van der Waals surface area contributed by atoms with E-state index in [2.05, 4.69) is 60.8 Å². The zero-order valence-electron chi connectivity index (χ0n) is 10.9. The lowest BCUT2D eigenvalue weighted by atomic mass is 10.2. The molecule has 2 aromatic rings. The minimum atomic E-state index is 0.933. The molecule has 0 aliphatic rings. The molecule has 0 spiro atoms. The number of rotatable bonds is 5. The molecule has 1 N–H and O–H groups in total. The monoisotopic (exact) mass is 257 g/mol. The van der Waals surface area contributed by atoms with Crippen molar-refractivity contribution in [2.45, 2.75) is 24.1 Å². The van der Waals surface area contributed by atoms with Gasteiger partial charge >= 0.3 is 0 Å². The van der Waals surface area contributed by atoms with Crippen molar-refractivity contribution in [3.63, 3.8) is 0 Å². The number of aryl methyl sites for hydroxylation is 1. The third-order valence-electron chi connectivity index (χ3n) is 2.83. The van der Waals surface area contributed by atoms with E-state index in [0.29, 0.717) is 0 Å². The summed E-state index contributed by atoms with van der Waals surface area (Å²) >= 11 is 1.89. The van der Waals surface area contributed by atoms with Crippen molar-refractivity contribution in [1.82, 2.24) is 5.32 Å². The first-order chi connectivity index (χ1) is 8.78. The lowest BCUT2D eigenvalue weighted by Crippen LogP contribution is -2.04. The Morgan fingerprint density at radius 3 is 2.11 bits per heavy atom. The molecule has 0 bridgehead atoms. The molecule has 0 fully saturated rings. The standard InChI is InChI=1S/C16H19NS/c1-13-3-5-15(6-4-13)12-18-16-9-7-14(8-10-16)11-17-2/h3-10,17H,11-12H2,1-2H3. The summed E-state index contributed by atoms with van der Waals surface area (Å²) < 4.78 is 0. The Hall–Kier alpha value is -1.25. The minimum Gasteiger partial charge on any atom is -0.316 e. The molecule has 0 saturated heterocycles. The molecule has 1 nitrogen and oxygen atoms in total. The first-order valence-corrected chi connectivity index (χ1v) is 7.18. The van der Waals surface area contributed by atoms with Crippen LogP contribution in [0.15, 0.2) is 53.4 Å². The Kier molecular flexibility index (Phi) is 4.85. The summed E-state index contributed by atoms with van der Waals surface area (Å²) in [6, 6.07) is 17.5. The van der Waals surface area contributed by atoms with E-state index in [9.17, 15) is 0 Å². The Bertz CT molecular complexity index is 473. The highest BCUT2D eigenvalue weighted by Gasteiger charge is 1.97. The van der Waals surface area contributed by atoms with E-state index < -0.39 is 0 Å². The smallest absolute Gasteiger partial charge is 0.0231 e. The molecule has 0 unspecified atom stereocenters.